The molecule has 0 bridgehead atoms. The smallest absolute Gasteiger partial charge is 0.223 e. The van der Waals surface area contributed by atoms with Gasteiger partial charge in [-0.3, -0.25) is 4.79 Å². The second kappa shape index (κ2) is 7.61. The van der Waals surface area contributed by atoms with E-state index in [1.807, 2.05) is 0 Å². The van der Waals surface area contributed by atoms with Crippen molar-refractivity contribution < 1.29 is 14.3 Å². The van der Waals surface area contributed by atoms with Crippen LogP contribution >= 0.6 is 0 Å². The summed E-state index contributed by atoms with van der Waals surface area (Å²) in [5.74, 6) is -0.313. The number of nitrogens with zero attached hydrogens (tertiary/aromatic N) is 1. The Kier molecular flexibility index (Phi) is 6.08. The van der Waals surface area contributed by atoms with Crippen molar-refractivity contribution in [3.05, 3.63) is 48.3 Å². The van der Waals surface area contributed by atoms with Gasteiger partial charge in [-0.1, -0.05) is 18.2 Å². The summed E-state index contributed by atoms with van der Waals surface area (Å²) in [6.45, 7) is 4.26. The number of carbonyl (C=O) groups is 1. The van der Waals surface area contributed by atoms with Crippen LogP contribution in [0.15, 0.2) is 36.9 Å². The highest BCUT2D eigenvalue weighted by Crippen LogP contribution is 2.07. The molecule has 0 saturated carbocycles. The molecule has 1 aromatic rings. The summed E-state index contributed by atoms with van der Waals surface area (Å²) in [7, 11) is 0. The average Bonchev–Trinajstić information content (AvgIpc) is 2.37. The molecule has 0 atom stereocenters. The van der Waals surface area contributed by atoms with Crippen molar-refractivity contribution >= 4 is 5.91 Å². The van der Waals surface area contributed by atoms with Gasteiger partial charge in [0, 0.05) is 19.5 Å². The van der Waals surface area contributed by atoms with Crippen molar-refractivity contribution in [2.75, 3.05) is 19.7 Å². The molecule has 1 rings (SSSR count). The second-order valence-corrected chi connectivity index (χ2v) is 3.98. The van der Waals surface area contributed by atoms with Crippen LogP contribution in [0, 0.1) is 5.82 Å². The number of aliphatic hydroxyl groups excluding tert-OH is 1. The first kappa shape index (κ1) is 14.4. The van der Waals surface area contributed by atoms with E-state index in [-0.39, 0.29) is 18.3 Å². The van der Waals surface area contributed by atoms with Crippen molar-refractivity contribution in [1.82, 2.24) is 4.90 Å². The van der Waals surface area contributed by atoms with E-state index in [0.29, 0.717) is 25.9 Å². The molecule has 18 heavy (non-hydrogen) atoms. The van der Waals surface area contributed by atoms with Crippen LogP contribution in [0.2, 0.25) is 0 Å². The van der Waals surface area contributed by atoms with Crippen molar-refractivity contribution in [1.29, 1.82) is 0 Å². The number of carbonyl (C=O) groups excluding carboxylic acids is 1. The normalized spacial score (nSPS) is 10.1. The Morgan fingerprint density at radius 2 is 2.06 bits per heavy atom. The molecular weight excluding hydrogens is 233 g/mol. The lowest BCUT2D eigenvalue weighted by molar-refractivity contribution is -0.131. The number of aryl methyl sites for hydroxylation is 1. The van der Waals surface area contributed by atoms with E-state index in [1.54, 1.807) is 23.1 Å². The highest BCUT2D eigenvalue weighted by molar-refractivity contribution is 5.76. The molecule has 0 saturated heterocycles. The third-order valence-corrected chi connectivity index (χ3v) is 2.61. The summed E-state index contributed by atoms with van der Waals surface area (Å²) in [4.78, 5) is 13.4. The lowest BCUT2D eigenvalue weighted by atomic mass is 10.1. The molecule has 98 valence electrons. The zero-order chi connectivity index (χ0) is 13.4. The fourth-order valence-electron chi connectivity index (χ4n) is 1.65. The van der Waals surface area contributed by atoms with Crippen LogP contribution in [0.3, 0.4) is 0 Å². The maximum absolute atomic E-state index is 12.7. The SMILES string of the molecule is C=CCN(CCO)C(=O)CCc1ccc(F)cc1. The Hall–Kier alpha value is -1.68. The van der Waals surface area contributed by atoms with Gasteiger partial charge >= 0.3 is 0 Å². The Morgan fingerprint density at radius 1 is 1.39 bits per heavy atom. The van der Waals surface area contributed by atoms with E-state index < -0.39 is 0 Å². The molecule has 1 amide bonds. The first-order chi connectivity index (χ1) is 8.67. The Balaban J connectivity index is 2.47. The minimum atomic E-state index is -0.279. The van der Waals surface area contributed by atoms with Crippen LogP contribution in [0.4, 0.5) is 4.39 Å². The average molecular weight is 251 g/mol. The van der Waals surface area contributed by atoms with Crippen LogP contribution in [0.1, 0.15) is 12.0 Å². The molecule has 0 aromatic heterocycles. The molecule has 4 heteroatoms. The summed E-state index contributed by atoms with van der Waals surface area (Å²) < 4.78 is 12.7. The van der Waals surface area contributed by atoms with E-state index in [1.165, 1.54) is 12.1 Å². The van der Waals surface area contributed by atoms with E-state index in [9.17, 15) is 9.18 Å². The van der Waals surface area contributed by atoms with Gasteiger partial charge in [-0.2, -0.15) is 0 Å². The van der Waals surface area contributed by atoms with E-state index in [2.05, 4.69) is 6.58 Å². The number of aliphatic hydroxyl groups is 1. The molecule has 3 nitrogen and oxygen atoms in total. The van der Waals surface area contributed by atoms with Gasteiger partial charge in [0.2, 0.25) is 5.91 Å². The zero-order valence-electron chi connectivity index (χ0n) is 10.3. The Morgan fingerprint density at radius 3 is 2.61 bits per heavy atom. The van der Waals surface area contributed by atoms with Gasteiger partial charge in [0.15, 0.2) is 0 Å². The summed E-state index contributed by atoms with van der Waals surface area (Å²) in [5, 5.41) is 8.86. The zero-order valence-corrected chi connectivity index (χ0v) is 10.3. The van der Waals surface area contributed by atoms with Gasteiger partial charge in [-0.15, -0.1) is 6.58 Å². The first-order valence-electron chi connectivity index (χ1n) is 5.91. The van der Waals surface area contributed by atoms with Crippen molar-refractivity contribution in [3.8, 4) is 0 Å². The molecular formula is C14H18FNO2. The van der Waals surface area contributed by atoms with E-state index >= 15 is 0 Å². The third kappa shape index (κ3) is 4.67. The topological polar surface area (TPSA) is 40.5 Å². The van der Waals surface area contributed by atoms with Gasteiger partial charge in [0.25, 0.3) is 0 Å². The van der Waals surface area contributed by atoms with Crippen LogP contribution in [-0.2, 0) is 11.2 Å². The minimum Gasteiger partial charge on any atom is -0.395 e. The van der Waals surface area contributed by atoms with Crippen molar-refractivity contribution in [2.45, 2.75) is 12.8 Å². The molecule has 1 N–H and O–H groups in total. The lowest BCUT2D eigenvalue weighted by Crippen LogP contribution is -2.33. The number of rotatable bonds is 7. The number of benzene rings is 1. The number of hydrogen-bond donors (Lipinski definition) is 1. The monoisotopic (exact) mass is 251 g/mol. The van der Waals surface area contributed by atoms with Crippen LogP contribution in [0.5, 0.6) is 0 Å². The van der Waals surface area contributed by atoms with Crippen molar-refractivity contribution in [2.24, 2.45) is 0 Å². The van der Waals surface area contributed by atoms with Gasteiger partial charge in [0.05, 0.1) is 6.61 Å². The molecule has 0 fully saturated rings. The standard InChI is InChI=1S/C14H18FNO2/c1-2-9-16(10-11-17)14(18)8-5-12-3-6-13(15)7-4-12/h2-4,6-7,17H,1,5,8-11H2. The van der Waals surface area contributed by atoms with Crippen LogP contribution in [-0.4, -0.2) is 35.6 Å². The molecule has 0 aliphatic heterocycles. The molecule has 0 unspecified atom stereocenters. The van der Waals surface area contributed by atoms with E-state index in [0.717, 1.165) is 5.56 Å². The predicted octanol–water partition coefficient (Wildman–Crippen LogP) is 1.77. The van der Waals surface area contributed by atoms with Gasteiger partial charge in [-0.05, 0) is 24.1 Å². The summed E-state index contributed by atoms with van der Waals surface area (Å²) in [6.07, 6.45) is 2.54. The molecule has 0 radical (unpaired) electrons. The highest BCUT2D eigenvalue weighted by atomic mass is 19.1. The van der Waals surface area contributed by atoms with E-state index in [4.69, 9.17) is 5.11 Å². The largest absolute Gasteiger partial charge is 0.395 e. The fourth-order valence-corrected chi connectivity index (χ4v) is 1.65. The van der Waals surface area contributed by atoms with Crippen LogP contribution < -0.4 is 0 Å². The molecule has 1 aromatic carbocycles. The highest BCUT2D eigenvalue weighted by Gasteiger charge is 2.11. The molecule has 0 aliphatic carbocycles. The number of halogens is 1. The fraction of sp³-hybridized carbons (Fsp3) is 0.357. The summed E-state index contributed by atoms with van der Waals surface area (Å²) in [6, 6.07) is 6.11. The molecule has 0 spiro atoms. The molecule has 0 aliphatic rings. The quantitative estimate of drug-likeness (QED) is 0.750. The summed E-state index contributed by atoms with van der Waals surface area (Å²) in [5.41, 5.74) is 0.923. The summed E-state index contributed by atoms with van der Waals surface area (Å²) >= 11 is 0. The van der Waals surface area contributed by atoms with Gasteiger partial charge in [-0.25, -0.2) is 4.39 Å². The lowest BCUT2D eigenvalue weighted by Gasteiger charge is -2.19. The Labute approximate surface area is 107 Å². The van der Waals surface area contributed by atoms with Crippen molar-refractivity contribution in [3.63, 3.8) is 0 Å². The third-order valence-electron chi connectivity index (χ3n) is 2.61. The number of hydrogen-bond acceptors (Lipinski definition) is 2. The Bertz CT molecular complexity index is 389. The predicted molar refractivity (Wildman–Crippen MR) is 68.6 cm³/mol. The van der Waals surface area contributed by atoms with Gasteiger partial charge < -0.3 is 10.0 Å². The molecule has 0 heterocycles. The van der Waals surface area contributed by atoms with Crippen LogP contribution in [0.25, 0.3) is 0 Å². The maximum atomic E-state index is 12.7. The number of amides is 1. The first-order valence-corrected chi connectivity index (χ1v) is 5.91. The maximum Gasteiger partial charge on any atom is 0.223 e. The van der Waals surface area contributed by atoms with Gasteiger partial charge in [0.1, 0.15) is 5.82 Å². The second-order valence-electron chi connectivity index (χ2n) is 3.98. The minimum absolute atomic E-state index is 0.0340.